The van der Waals surface area contributed by atoms with Crippen LogP contribution in [0.25, 0.3) is 11.0 Å². The Balaban J connectivity index is 1.70. The molecule has 2 N–H and O–H groups in total. The highest BCUT2D eigenvalue weighted by Crippen LogP contribution is 2.25. The molecule has 0 radical (unpaired) electrons. The van der Waals surface area contributed by atoms with Crippen molar-refractivity contribution in [2.75, 3.05) is 29.9 Å². The van der Waals surface area contributed by atoms with Gasteiger partial charge in [0.15, 0.2) is 5.82 Å². The van der Waals surface area contributed by atoms with Crippen molar-refractivity contribution in [2.45, 2.75) is 13.0 Å². The summed E-state index contributed by atoms with van der Waals surface area (Å²) in [6.07, 6.45) is 3.13. The minimum Gasteiger partial charge on any atom is -0.338 e. The fraction of sp³-hybridized carbons (Fsp3) is 0.294. The topological polar surface area (TPSA) is 78.9 Å². The number of nitrogens with zero attached hydrogens (tertiary/aromatic N) is 5. The zero-order valence-electron chi connectivity index (χ0n) is 14.1. The maximum absolute atomic E-state index is 13.4. The molecular weight excluding hydrogens is 357 g/mol. The first kappa shape index (κ1) is 16.9. The van der Waals surface area contributed by atoms with Gasteiger partial charge in [-0.1, -0.05) is 11.6 Å². The lowest BCUT2D eigenvalue weighted by molar-refractivity contribution is 0.480. The van der Waals surface area contributed by atoms with E-state index in [1.165, 1.54) is 18.5 Å². The van der Waals surface area contributed by atoms with Crippen LogP contribution in [0.15, 0.2) is 30.7 Å². The molecule has 3 heterocycles. The summed E-state index contributed by atoms with van der Waals surface area (Å²) >= 11 is 5.85. The van der Waals surface area contributed by atoms with Crippen molar-refractivity contribution in [3.63, 3.8) is 0 Å². The number of rotatable bonds is 3. The second kappa shape index (κ2) is 6.97. The summed E-state index contributed by atoms with van der Waals surface area (Å²) in [6.45, 7) is 4.67. The van der Waals surface area contributed by atoms with E-state index in [4.69, 9.17) is 11.6 Å². The van der Waals surface area contributed by atoms with Gasteiger partial charge in [-0.3, -0.25) is 0 Å². The Hall–Kier alpha value is -2.58. The van der Waals surface area contributed by atoms with Gasteiger partial charge in [0.25, 0.3) is 0 Å². The Bertz CT molecular complexity index is 952. The van der Waals surface area contributed by atoms with Gasteiger partial charge in [0.1, 0.15) is 23.2 Å². The lowest BCUT2D eigenvalue weighted by Gasteiger charge is -2.31. The van der Waals surface area contributed by atoms with Crippen LogP contribution in [0.2, 0.25) is 5.02 Å². The first-order chi connectivity index (χ1) is 12.6. The van der Waals surface area contributed by atoms with E-state index in [1.54, 1.807) is 12.3 Å². The van der Waals surface area contributed by atoms with Crippen LogP contribution >= 0.6 is 11.6 Å². The van der Waals surface area contributed by atoms with Crippen molar-refractivity contribution < 1.29 is 4.39 Å². The summed E-state index contributed by atoms with van der Waals surface area (Å²) in [5.74, 6) is 0.688. The van der Waals surface area contributed by atoms with Gasteiger partial charge in [0.2, 0.25) is 5.95 Å². The van der Waals surface area contributed by atoms with Crippen LogP contribution in [0.4, 0.5) is 21.8 Å². The zero-order chi connectivity index (χ0) is 18.1. The molecule has 1 aliphatic rings. The number of benzene rings is 1. The second-order valence-corrected chi connectivity index (χ2v) is 6.59. The zero-order valence-corrected chi connectivity index (χ0v) is 14.8. The molecule has 9 heteroatoms. The largest absolute Gasteiger partial charge is 0.338 e. The number of fused-ring (bicyclic) bond motifs is 1. The van der Waals surface area contributed by atoms with E-state index in [0.717, 1.165) is 19.6 Å². The molecule has 0 aliphatic carbocycles. The predicted octanol–water partition coefficient (Wildman–Crippen LogP) is 2.75. The molecule has 1 aromatic carbocycles. The molecular formula is C17H17ClFN7. The smallest absolute Gasteiger partial charge is 0.226 e. The number of nitrogens with one attached hydrogen (secondary N) is 2. The number of anilines is 3. The van der Waals surface area contributed by atoms with Crippen LogP contribution < -0.4 is 15.5 Å². The van der Waals surface area contributed by atoms with Crippen molar-refractivity contribution in [3.8, 4) is 0 Å². The van der Waals surface area contributed by atoms with E-state index >= 15 is 0 Å². The Morgan fingerprint density at radius 1 is 1.31 bits per heavy atom. The highest BCUT2D eigenvalue weighted by atomic mass is 35.5. The lowest BCUT2D eigenvalue weighted by Crippen LogP contribution is -2.49. The summed E-state index contributed by atoms with van der Waals surface area (Å²) < 4.78 is 13.4. The third-order valence-corrected chi connectivity index (χ3v) is 4.49. The standard InChI is InChI=1S/C17H17ClFN7/c1-10-8-26(5-4-20-10)17-21-7-14-15(25-17)16(23-9-22-14)24-11-2-3-13(19)12(18)6-11/h2-3,6-7,9-10,20H,4-5,8H2,1H3,(H,22,23,24). The van der Waals surface area contributed by atoms with Gasteiger partial charge in [-0.25, -0.2) is 24.3 Å². The number of piperazine rings is 1. The molecule has 7 nitrogen and oxygen atoms in total. The summed E-state index contributed by atoms with van der Waals surface area (Å²) in [5.41, 5.74) is 1.85. The monoisotopic (exact) mass is 373 g/mol. The first-order valence-electron chi connectivity index (χ1n) is 8.28. The Kier molecular flexibility index (Phi) is 4.52. The quantitative estimate of drug-likeness (QED) is 0.730. The fourth-order valence-corrected chi connectivity index (χ4v) is 3.09. The molecule has 1 atom stereocenters. The average molecular weight is 374 g/mol. The fourth-order valence-electron chi connectivity index (χ4n) is 2.91. The van der Waals surface area contributed by atoms with Gasteiger partial charge in [0, 0.05) is 31.4 Å². The molecule has 134 valence electrons. The lowest BCUT2D eigenvalue weighted by atomic mass is 10.2. The Labute approximate surface area is 154 Å². The van der Waals surface area contributed by atoms with Gasteiger partial charge < -0.3 is 15.5 Å². The van der Waals surface area contributed by atoms with E-state index in [1.807, 2.05) is 0 Å². The van der Waals surface area contributed by atoms with Gasteiger partial charge in [-0.15, -0.1) is 0 Å². The normalized spacial score (nSPS) is 17.5. The summed E-state index contributed by atoms with van der Waals surface area (Å²) in [4.78, 5) is 19.7. The maximum atomic E-state index is 13.4. The van der Waals surface area contributed by atoms with E-state index in [0.29, 0.717) is 34.5 Å². The molecule has 1 saturated heterocycles. The highest BCUT2D eigenvalue weighted by Gasteiger charge is 2.19. The summed E-state index contributed by atoms with van der Waals surface area (Å²) in [6, 6.07) is 4.77. The molecule has 0 saturated carbocycles. The van der Waals surface area contributed by atoms with Crippen LogP contribution in [-0.4, -0.2) is 45.6 Å². The van der Waals surface area contributed by atoms with Gasteiger partial charge in [-0.05, 0) is 25.1 Å². The number of hydrogen-bond donors (Lipinski definition) is 2. The third-order valence-electron chi connectivity index (χ3n) is 4.20. The number of hydrogen-bond acceptors (Lipinski definition) is 7. The Morgan fingerprint density at radius 3 is 3.00 bits per heavy atom. The predicted molar refractivity (Wildman–Crippen MR) is 99.5 cm³/mol. The van der Waals surface area contributed by atoms with Crippen molar-refractivity contribution >= 4 is 40.1 Å². The minimum absolute atomic E-state index is 0.0403. The van der Waals surface area contributed by atoms with Crippen molar-refractivity contribution in [1.82, 2.24) is 25.3 Å². The summed E-state index contributed by atoms with van der Waals surface area (Å²) in [5, 5.41) is 6.57. The van der Waals surface area contributed by atoms with Crippen LogP contribution in [0.3, 0.4) is 0 Å². The van der Waals surface area contributed by atoms with Crippen LogP contribution in [0.5, 0.6) is 0 Å². The molecule has 4 rings (SSSR count). The van der Waals surface area contributed by atoms with E-state index in [9.17, 15) is 4.39 Å². The van der Waals surface area contributed by atoms with Gasteiger partial charge >= 0.3 is 0 Å². The third kappa shape index (κ3) is 3.38. The second-order valence-electron chi connectivity index (χ2n) is 6.18. The molecule has 0 bridgehead atoms. The molecule has 3 aromatic rings. The summed E-state index contributed by atoms with van der Waals surface area (Å²) in [7, 11) is 0. The maximum Gasteiger partial charge on any atom is 0.226 e. The molecule has 0 amide bonds. The van der Waals surface area contributed by atoms with Crippen molar-refractivity contribution in [3.05, 3.63) is 41.6 Å². The van der Waals surface area contributed by atoms with Crippen LogP contribution in [-0.2, 0) is 0 Å². The SMILES string of the molecule is CC1CN(c2ncc3ncnc(Nc4ccc(F)c(Cl)c4)c3n2)CCN1. The minimum atomic E-state index is -0.470. The molecule has 0 spiro atoms. The Morgan fingerprint density at radius 2 is 2.19 bits per heavy atom. The molecule has 1 fully saturated rings. The van der Waals surface area contributed by atoms with Crippen LogP contribution in [0.1, 0.15) is 6.92 Å². The number of halogens is 2. The molecule has 26 heavy (non-hydrogen) atoms. The molecule has 1 aliphatic heterocycles. The molecule has 2 aromatic heterocycles. The van der Waals surface area contributed by atoms with E-state index in [2.05, 4.69) is 42.4 Å². The highest BCUT2D eigenvalue weighted by molar-refractivity contribution is 6.31. The van der Waals surface area contributed by atoms with Crippen molar-refractivity contribution in [2.24, 2.45) is 0 Å². The first-order valence-corrected chi connectivity index (χ1v) is 8.66. The molecule has 1 unspecified atom stereocenters. The average Bonchev–Trinajstić information content (AvgIpc) is 2.65. The van der Waals surface area contributed by atoms with E-state index < -0.39 is 5.82 Å². The van der Waals surface area contributed by atoms with Crippen LogP contribution in [0, 0.1) is 5.82 Å². The van der Waals surface area contributed by atoms with Gasteiger partial charge in [-0.2, -0.15) is 0 Å². The van der Waals surface area contributed by atoms with E-state index in [-0.39, 0.29) is 5.02 Å². The number of aromatic nitrogens is 4. The van der Waals surface area contributed by atoms with Crippen molar-refractivity contribution in [1.29, 1.82) is 0 Å². The van der Waals surface area contributed by atoms with Gasteiger partial charge in [0.05, 0.1) is 11.2 Å².